The maximum atomic E-state index is 12.7. The lowest BCUT2D eigenvalue weighted by atomic mass is 9.77. The van der Waals surface area contributed by atoms with E-state index in [0.29, 0.717) is 34.0 Å². The van der Waals surface area contributed by atoms with Crippen LogP contribution in [0.4, 0.5) is 0 Å². The molecule has 2 aromatic heterocycles. The van der Waals surface area contributed by atoms with Gasteiger partial charge >= 0.3 is 5.91 Å². The summed E-state index contributed by atoms with van der Waals surface area (Å²) in [5.74, 6) is 0.697. The van der Waals surface area contributed by atoms with Crippen LogP contribution in [0.5, 0.6) is 5.75 Å². The molecule has 2 heterocycles. The zero-order chi connectivity index (χ0) is 24.8. The molecule has 0 N–H and O–H groups in total. The summed E-state index contributed by atoms with van der Waals surface area (Å²) >= 11 is 0. The van der Waals surface area contributed by atoms with Gasteiger partial charge in [0.2, 0.25) is 0 Å². The molecule has 6 heteroatoms. The first-order valence-electron chi connectivity index (χ1n) is 12.1. The Morgan fingerprint density at radius 2 is 1.75 bits per heavy atom. The molecule has 178 valence electrons. The monoisotopic (exact) mass is 476 g/mol. The van der Waals surface area contributed by atoms with E-state index in [-0.39, 0.29) is 11.7 Å². The lowest BCUT2D eigenvalue weighted by Gasteiger charge is -2.36. The Kier molecular flexibility index (Phi) is 5.37. The Balaban J connectivity index is 1.43. The minimum absolute atomic E-state index is 0.0190. The number of furan rings is 1. The Bertz CT molecular complexity index is 1630. The number of nitrogens with zero attached hydrogens (tertiary/aromatic N) is 2. The summed E-state index contributed by atoms with van der Waals surface area (Å²) in [6, 6.07) is 23.5. The van der Waals surface area contributed by atoms with Crippen LogP contribution in [-0.4, -0.2) is 17.0 Å². The van der Waals surface area contributed by atoms with Gasteiger partial charge in [0.05, 0.1) is 22.6 Å². The molecule has 1 aliphatic carbocycles. The van der Waals surface area contributed by atoms with Gasteiger partial charge in [-0.25, -0.2) is 4.98 Å². The molecule has 6 nitrogen and oxygen atoms in total. The van der Waals surface area contributed by atoms with Gasteiger partial charge in [-0.05, 0) is 61.9 Å². The zero-order valence-electron chi connectivity index (χ0n) is 20.0. The molecule has 0 saturated heterocycles. The minimum Gasteiger partial charge on any atom is -0.490 e. The highest BCUT2D eigenvalue weighted by Crippen LogP contribution is 2.42. The maximum absolute atomic E-state index is 12.7. The molecular weight excluding hydrogens is 452 g/mol. The second-order valence-corrected chi connectivity index (χ2v) is 9.43. The predicted molar refractivity (Wildman–Crippen MR) is 139 cm³/mol. The van der Waals surface area contributed by atoms with E-state index in [1.54, 1.807) is 6.07 Å². The van der Waals surface area contributed by atoms with Crippen LogP contribution in [0.2, 0.25) is 0 Å². The van der Waals surface area contributed by atoms with Crippen molar-refractivity contribution in [2.45, 2.75) is 38.7 Å². The molecule has 0 atom stereocenters. The summed E-state index contributed by atoms with van der Waals surface area (Å²) in [6.07, 6.45) is 1.79. The van der Waals surface area contributed by atoms with Crippen molar-refractivity contribution in [1.29, 1.82) is 0 Å². The van der Waals surface area contributed by atoms with Gasteiger partial charge in [0.15, 0.2) is 5.76 Å². The van der Waals surface area contributed by atoms with Crippen LogP contribution in [0.1, 0.15) is 45.8 Å². The number of aryl methyl sites for hydroxylation is 2. The lowest BCUT2D eigenvalue weighted by molar-refractivity contribution is 0.0981. The number of para-hydroxylation sites is 1. The number of ether oxygens (including phenoxy) is 1. The van der Waals surface area contributed by atoms with Crippen molar-refractivity contribution in [2.24, 2.45) is 5.18 Å². The molecule has 0 spiro atoms. The summed E-state index contributed by atoms with van der Waals surface area (Å²) in [6.45, 7) is 3.88. The van der Waals surface area contributed by atoms with Gasteiger partial charge in [-0.2, -0.15) is 0 Å². The molecule has 0 aliphatic heterocycles. The van der Waals surface area contributed by atoms with Crippen LogP contribution in [-0.2, 0) is 0 Å². The van der Waals surface area contributed by atoms with Gasteiger partial charge in [-0.3, -0.25) is 4.79 Å². The third-order valence-electron chi connectivity index (χ3n) is 7.17. The number of aromatic nitrogens is 1. The summed E-state index contributed by atoms with van der Waals surface area (Å²) in [5, 5.41) is 4.23. The number of hydrogen-bond donors (Lipinski definition) is 0. The van der Waals surface area contributed by atoms with Crippen LogP contribution in [0.3, 0.4) is 0 Å². The Hall–Kier alpha value is -4.32. The smallest absolute Gasteiger partial charge is 0.317 e. The fourth-order valence-corrected chi connectivity index (χ4v) is 5.13. The average Bonchev–Trinajstić information content (AvgIpc) is 3.23. The summed E-state index contributed by atoms with van der Waals surface area (Å²) in [5.41, 5.74) is 5.07. The number of hydrogen-bond acceptors (Lipinski definition) is 5. The van der Waals surface area contributed by atoms with Gasteiger partial charge < -0.3 is 9.15 Å². The van der Waals surface area contributed by atoms with E-state index in [1.807, 2.05) is 68.4 Å². The van der Waals surface area contributed by atoms with Crippen LogP contribution >= 0.6 is 0 Å². The molecule has 3 aromatic carbocycles. The van der Waals surface area contributed by atoms with Gasteiger partial charge in [-0.1, -0.05) is 54.6 Å². The van der Waals surface area contributed by atoms with E-state index < -0.39 is 5.91 Å². The largest absolute Gasteiger partial charge is 0.490 e. The van der Waals surface area contributed by atoms with Crippen LogP contribution < -0.4 is 4.74 Å². The van der Waals surface area contributed by atoms with Gasteiger partial charge in [-0.15, -0.1) is 4.91 Å². The van der Waals surface area contributed by atoms with Crippen molar-refractivity contribution < 1.29 is 13.9 Å². The van der Waals surface area contributed by atoms with Crippen LogP contribution in [0.15, 0.2) is 82.4 Å². The zero-order valence-corrected chi connectivity index (χ0v) is 20.0. The van der Waals surface area contributed by atoms with E-state index in [9.17, 15) is 9.70 Å². The van der Waals surface area contributed by atoms with Crippen molar-refractivity contribution in [3.8, 4) is 17.2 Å². The Labute approximate surface area is 207 Å². The third-order valence-corrected chi connectivity index (χ3v) is 7.17. The van der Waals surface area contributed by atoms with E-state index in [4.69, 9.17) is 14.1 Å². The van der Waals surface area contributed by atoms with Gasteiger partial charge in [0.25, 0.3) is 0 Å². The summed E-state index contributed by atoms with van der Waals surface area (Å²) in [4.78, 5) is 29.0. The molecule has 0 radical (unpaired) electrons. The van der Waals surface area contributed by atoms with Crippen molar-refractivity contribution in [3.05, 3.63) is 100.0 Å². The summed E-state index contributed by atoms with van der Waals surface area (Å²) in [7, 11) is 0. The highest BCUT2D eigenvalue weighted by Gasteiger charge is 2.33. The van der Waals surface area contributed by atoms with E-state index >= 15 is 0 Å². The number of pyridine rings is 1. The van der Waals surface area contributed by atoms with Crippen molar-refractivity contribution in [1.82, 2.24) is 4.98 Å². The second-order valence-electron chi connectivity index (χ2n) is 9.43. The van der Waals surface area contributed by atoms with Crippen LogP contribution in [0.25, 0.3) is 33.3 Å². The fourth-order valence-electron chi connectivity index (χ4n) is 5.13. The van der Waals surface area contributed by atoms with Gasteiger partial charge in [0.1, 0.15) is 17.0 Å². The first-order chi connectivity index (χ1) is 17.5. The molecule has 1 saturated carbocycles. The lowest BCUT2D eigenvalue weighted by Crippen LogP contribution is -2.32. The molecule has 1 fully saturated rings. The van der Waals surface area contributed by atoms with Crippen molar-refractivity contribution in [3.63, 3.8) is 0 Å². The number of rotatable bonds is 5. The normalized spacial score (nSPS) is 17.2. The second kappa shape index (κ2) is 8.72. The number of carbonyl (C=O) groups excluding carboxylic acids is 1. The number of amides is 1. The topological polar surface area (TPSA) is 81.8 Å². The predicted octanol–water partition coefficient (Wildman–Crippen LogP) is 7.50. The van der Waals surface area contributed by atoms with Crippen molar-refractivity contribution in [2.75, 3.05) is 0 Å². The molecule has 36 heavy (non-hydrogen) atoms. The Morgan fingerprint density at radius 3 is 2.50 bits per heavy atom. The third kappa shape index (κ3) is 3.66. The molecule has 5 aromatic rings. The minimum atomic E-state index is -0.858. The summed E-state index contributed by atoms with van der Waals surface area (Å²) < 4.78 is 12.5. The first-order valence-corrected chi connectivity index (χ1v) is 12.1. The first kappa shape index (κ1) is 22.2. The maximum Gasteiger partial charge on any atom is 0.317 e. The number of benzene rings is 3. The van der Waals surface area contributed by atoms with E-state index in [2.05, 4.69) is 17.3 Å². The van der Waals surface area contributed by atoms with Crippen LogP contribution in [0, 0.1) is 18.8 Å². The number of fused-ring (bicyclic) bond motifs is 2. The van der Waals surface area contributed by atoms with E-state index in [0.717, 1.165) is 34.9 Å². The van der Waals surface area contributed by atoms with Crippen molar-refractivity contribution >= 4 is 27.8 Å². The molecule has 1 aliphatic rings. The number of carbonyl (C=O) groups is 1. The molecular formula is C30H24N2O4. The van der Waals surface area contributed by atoms with E-state index in [1.165, 1.54) is 5.56 Å². The van der Waals surface area contributed by atoms with Gasteiger partial charge in [0, 0.05) is 16.1 Å². The highest BCUT2D eigenvalue weighted by atomic mass is 16.5. The molecule has 1 amide bonds. The average molecular weight is 477 g/mol. The molecule has 0 unspecified atom stereocenters. The SMILES string of the molecule is Cc1c(-c2cc(C(=O)N=O)c3c(OC4CC(c5ccccc5)C4)ccc(C)c3n2)oc2ccccc12. The molecule has 6 rings (SSSR count). The molecule has 0 bridgehead atoms. The quantitative estimate of drug-likeness (QED) is 0.245. The number of nitroso groups, excluding NO2 is 1. The standard InChI is InChI=1S/C30H24N2O4/c1-17-12-13-26(35-21-14-20(15-21)19-8-4-3-5-9-19)27-23(30(33)32-34)16-24(31-28(17)27)29-18(2)22-10-6-7-11-25(22)36-29/h3-13,16,20-21H,14-15H2,1-2H3. The Morgan fingerprint density at radius 1 is 1.00 bits per heavy atom. The highest BCUT2D eigenvalue weighted by molar-refractivity contribution is 6.10. The fraction of sp³-hybridized carbons (Fsp3) is 0.200.